The number of hydrogen-bond acceptors (Lipinski definition) is 4. The molecule has 0 N–H and O–H groups in total. The molecule has 3 amide bonds. The van der Waals surface area contributed by atoms with Gasteiger partial charge in [-0.2, -0.15) is 0 Å². The highest BCUT2D eigenvalue weighted by atomic mass is 16.2. The van der Waals surface area contributed by atoms with Gasteiger partial charge in [0.05, 0.1) is 5.41 Å². The number of rotatable bonds is 5. The fourth-order valence-electron chi connectivity index (χ4n) is 5.78. The van der Waals surface area contributed by atoms with Crippen LogP contribution in [0.1, 0.15) is 71.3 Å². The van der Waals surface area contributed by atoms with Crippen molar-refractivity contribution < 1.29 is 14.4 Å². The predicted octanol–water partition coefficient (Wildman–Crippen LogP) is 3.55. The van der Waals surface area contributed by atoms with Gasteiger partial charge in [0.2, 0.25) is 17.7 Å². The van der Waals surface area contributed by atoms with Crippen molar-refractivity contribution in [3.8, 4) is 0 Å². The first-order valence-electron chi connectivity index (χ1n) is 11.3. The van der Waals surface area contributed by atoms with E-state index in [2.05, 4.69) is 4.98 Å². The number of hydrogen-bond donors (Lipinski definition) is 0. The van der Waals surface area contributed by atoms with Gasteiger partial charge in [-0.05, 0) is 48.8 Å². The molecule has 30 heavy (non-hydrogen) atoms. The summed E-state index contributed by atoms with van der Waals surface area (Å²) in [6.07, 6.45) is 10.3. The largest absolute Gasteiger partial charge is 0.334 e. The third-order valence-electron chi connectivity index (χ3n) is 8.24. The zero-order valence-electron chi connectivity index (χ0n) is 18.4. The van der Waals surface area contributed by atoms with Gasteiger partial charge < -0.3 is 4.90 Å². The molecule has 0 radical (unpaired) electrons. The Morgan fingerprint density at radius 3 is 2.43 bits per heavy atom. The first-order chi connectivity index (χ1) is 14.3. The SMILES string of the molecule is CC1(C)[C@@H]2CC[C@@]1(C)C(=O)N(CC(=O)N(Cc1ccncc1)C1CCCCC1)C2=O. The van der Waals surface area contributed by atoms with Crippen LogP contribution in [0.4, 0.5) is 0 Å². The Morgan fingerprint density at radius 2 is 1.77 bits per heavy atom. The number of piperidine rings is 1. The summed E-state index contributed by atoms with van der Waals surface area (Å²) in [5, 5.41) is 0. The Labute approximate surface area is 179 Å². The monoisotopic (exact) mass is 411 g/mol. The molecule has 3 aliphatic rings. The van der Waals surface area contributed by atoms with E-state index in [1.807, 2.05) is 37.8 Å². The molecule has 0 spiro atoms. The Morgan fingerprint density at radius 1 is 1.10 bits per heavy atom. The summed E-state index contributed by atoms with van der Waals surface area (Å²) in [6.45, 7) is 6.37. The van der Waals surface area contributed by atoms with Crippen LogP contribution in [0.3, 0.4) is 0 Å². The van der Waals surface area contributed by atoms with E-state index in [9.17, 15) is 14.4 Å². The van der Waals surface area contributed by atoms with E-state index in [0.717, 1.165) is 37.7 Å². The van der Waals surface area contributed by atoms with Gasteiger partial charge in [-0.1, -0.05) is 40.0 Å². The van der Waals surface area contributed by atoms with E-state index >= 15 is 0 Å². The zero-order valence-corrected chi connectivity index (χ0v) is 18.4. The second-order valence-electron chi connectivity index (χ2n) is 10.0. The van der Waals surface area contributed by atoms with Gasteiger partial charge in [-0.15, -0.1) is 0 Å². The van der Waals surface area contributed by atoms with Gasteiger partial charge in [0.1, 0.15) is 6.54 Å². The molecule has 6 heteroatoms. The number of aromatic nitrogens is 1. The van der Waals surface area contributed by atoms with Crippen molar-refractivity contribution in [1.82, 2.24) is 14.8 Å². The summed E-state index contributed by atoms with van der Waals surface area (Å²) in [7, 11) is 0. The lowest BCUT2D eigenvalue weighted by atomic mass is 9.62. The highest BCUT2D eigenvalue weighted by molar-refractivity contribution is 6.06. The number of amides is 3. The summed E-state index contributed by atoms with van der Waals surface area (Å²) in [5.74, 6) is -0.646. The molecule has 2 bridgehead atoms. The van der Waals surface area contributed by atoms with Crippen molar-refractivity contribution in [3.63, 3.8) is 0 Å². The second-order valence-corrected chi connectivity index (χ2v) is 10.0. The third-order valence-corrected chi connectivity index (χ3v) is 8.24. The van der Waals surface area contributed by atoms with Crippen LogP contribution < -0.4 is 0 Å². The van der Waals surface area contributed by atoms with E-state index in [0.29, 0.717) is 13.0 Å². The molecule has 4 rings (SSSR count). The molecule has 2 saturated carbocycles. The summed E-state index contributed by atoms with van der Waals surface area (Å²) in [4.78, 5) is 47.2. The van der Waals surface area contributed by atoms with Gasteiger partial charge in [0.25, 0.3) is 0 Å². The average molecular weight is 412 g/mol. The molecule has 2 atom stereocenters. The second kappa shape index (κ2) is 7.78. The summed E-state index contributed by atoms with van der Waals surface area (Å²) in [5.41, 5.74) is 0.0846. The normalized spacial score (nSPS) is 28.6. The first kappa shape index (κ1) is 21.0. The molecule has 1 aromatic rings. The Kier molecular flexibility index (Phi) is 5.45. The van der Waals surface area contributed by atoms with Crippen molar-refractivity contribution in [2.45, 2.75) is 78.3 Å². The predicted molar refractivity (Wildman–Crippen MR) is 113 cm³/mol. The molecule has 3 fully saturated rings. The van der Waals surface area contributed by atoms with Gasteiger partial charge in [0, 0.05) is 30.9 Å². The molecule has 2 aliphatic carbocycles. The molecule has 1 aliphatic heterocycles. The lowest BCUT2D eigenvalue weighted by Crippen LogP contribution is -2.61. The van der Waals surface area contributed by atoms with Crippen molar-refractivity contribution >= 4 is 17.7 Å². The molecular weight excluding hydrogens is 378 g/mol. The number of imide groups is 1. The average Bonchev–Trinajstić information content (AvgIpc) is 2.94. The lowest BCUT2D eigenvalue weighted by Gasteiger charge is -2.48. The fourth-order valence-corrected chi connectivity index (χ4v) is 5.78. The van der Waals surface area contributed by atoms with Crippen molar-refractivity contribution in [2.24, 2.45) is 16.7 Å². The topological polar surface area (TPSA) is 70.6 Å². The van der Waals surface area contributed by atoms with Crippen LogP contribution in [-0.2, 0) is 20.9 Å². The third kappa shape index (κ3) is 3.34. The molecule has 0 unspecified atom stereocenters. The molecule has 6 nitrogen and oxygen atoms in total. The number of carbonyl (C=O) groups is 3. The smallest absolute Gasteiger partial charge is 0.243 e. The molecule has 0 aromatic carbocycles. The van der Waals surface area contributed by atoms with E-state index in [1.54, 1.807) is 12.4 Å². The molecule has 2 heterocycles. The van der Waals surface area contributed by atoms with Crippen LogP contribution in [-0.4, -0.2) is 45.1 Å². The Bertz CT molecular complexity index is 831. The number of likely N-dealkylation sites (tertiary alicyclic amines) is 1. The maximum atomic E-state index is 13.5. The molecule has 1 aromatic heterocycles. The van der Waals surface area contributed by atoms with Crippen molar-refractivity contribution in [2.75, 3.05) is 6.54 Å². The lowest BCUT2D eigenvalue weighted by molar-refractivity contribution is -0.170. The van der Waals surface area contributed by atoms with Crippen molar-refractivity contribution in [1.29, 1.82) is 0 Å². The maximum Gasteiger partial charge on any atom is 0.243 e. The Hall–Kier alpha value is -2.24. The molecular formula is C24H33N3O3. The number of fused-ring (bicyclic) bond motifs is 2. The highest BCUT2D eigenvalue weighted by Crippen LogP contribution is 2.60. The van der Waals surface area contributed by atoms with E-state index in [-0.39, 0.29) is 41.6 Å². The summed E-state index contributed by atoms with van der Waals surface area (Å²) < 4.78 is 0. The van der Waals surface area contributed by atoms with E-state index in [4.69, 9.17) is 0 Å². The van der Waals surface area contributed by atoms with Crippen molar-refractivity contribution in [3.05, 3.63) is 30.1 Å². The van der Waals surface area contributed by atoms with Crippen LogP contribution in [0, 0.1) is 16.7 Å². The quantitative estimate of drug-likeness (QED) is 0.695. The van der Waals surface area contributed by atoms with Crippen LogP contribution in [0.15, 0.2) is 24.5 Å². The standard InChI is InChI=1S/C24H33N3O3/c1-23(2)19-9-12-24(23,3)22(30)27(21(19)29)16-20(28)26(18-7-5-4-6-8-18)15-17-10-13-25-14-11-17/h10-11,13-14,18-19H,4-9,12,15-16H2,1-3H3/t19-,24+/m1/s1. The highest BCUT2D eigenvalue weighted by Gasteiger charge is 2.64. The number of nitrogens with zero attached hydrogens (tertiary/aromatic N) is 3. The minimum absolute atomic E-state index is 0.122. The van der Waals surface area contributed by atoms with Crippen LogP contribution in [0.25, 0.3) is 0 Å². The summed E-state index contributed by atoms with van der Waals surface area (Å²) in [6, 6.07) is 4.01. The molecule has 162 valence electrons. The first-order valence-corrected chi connectivity index (χ1v) is 11.3. The Balaban J connectivity index is 1.56. The van der Waals surface area contributed by atoms with Crippen LogP contribution >= 0.6 is 0 Å². The number of pyridine rings is 1. The minimum Gasteiger partial charge on any atom is -0.334 e. The minimum atomic E-state index is -0.577. The van der Waals surface area contributed by atoms with E-state index in [1.165, 1.54) is 11.3 Å². The van der Waals surface area contributed by atoms with Gasteiger partial charge >= 0.3 is 0 Å². The number of carbonyl (C=O) groups excluding carboxylic acids is 3. The van der Waals surface area contributed by atoms with Crippen LogP contribution in [0.2, 0.25) is 0 Å². The van der Waals surface area contributed by atoms with E-state index < -0.39 is 5.41 Å². The molecule has 1 saturated heterocycles. The fraction of sp³-hybridized carbons (Fsp3) is 0.667. The maximum absolute atomic E-state index is 13.5. The van der Waals surface area contributed by atoms with Crippen LogP contribution in [0.5, 0.6) is 0 Å². The van der Waals surface area contributed by atoms with Gasteiger partial charge in [-0.3, -0.25) is 24.3 Å². The van der Waals surface area contributed by atoms with Gasteiger partial charge in [0.15, 0.2) is 0 Å². The zero-order chi connectivity index (χ0) is 21.5. The van der Waals surface area contributed by atoms with Gasteiger partial charge in [-0.25, -0.2) is 0 Å². The summed E-state index contributed by atoms with van der Waals surface area (Å²) >= 11 is 0.